The Bertz CT molecular complexity index is 881. The maximum absolute atomic E-state index is 12.0. The fourth-order valence-corrected chi connectivity index (χ4v) is 2.58. The highest BCUT2D eigenvalue weighted by Crippen LogP contribution is 2.28. The Hall–Kier alpha value is -3.10. The van der Waals surface area contributed by atoms with Gasteiger partial charge in [0.05, 0.1) is 33.0 Å². The SMILES string of the molecule is C=C(C)C(=O)OCCOCCOCCNC(=O)Oc1cccc2cc(OCC)ccc12. The number of benzene rings is 2. The number of hydrogen-bond acceptors (Lipinski definition) is 7. The summed E-state index contributed by atoms with van der Waals surface area (Å²) >= 11 is 0. The number of rotatable bonds is 13. The number of fused-ring (bicyclic) bond motifs is 1. The minimum absolute atomic E-state index is 0.167. The van der Waals surface area contributed by atoms with Gasteiger partial charge < -0.3 is 29.0 Å². The van der Waals surface area contributed by atoms with Crippen LogP contribution in [0.2, 0.25) is 0 Å². The highest BCUT2D eigenvalue weighted by atomic mass is 16.6. The van der Waals surface area contributed by atoms with Crippen LogP contribution in [0.15, 0.2) is 48.6 Å². The number of esters is 1. The molecule has 0 aliphatic rings. The van der Waals surface area contributed by atoms with E-state index in [9.17, 15) is 9.59 Å². The van der Waals surface area contributed by atoms with Crippen LogP contribution in [0.5, 0.6) is 11.5 Å². The van der Waals surface area contributed by atoms with E-state index >= 15 is 0 Å². The lowest BCUT2D eigenvalue weighted by molar-refractivity contribution is -0.140. The number of ether oxygens (including phenoxy) is 5. The van der Waals surface area contributed by atoms with Crippen molar-refractivity contribution in [1.29, 1.82) is 0 Å². The van der Waals surface area contributed by atoms with E-state index in [0.717, 1.165) is 16.5 Å². The van der Waals surface area contributed by atoms with E-state index in [1.807, 2.05) is 37.3 Å². The average Bonchev–Trinajstić information content (AvgIpc) is 2.75. The van der Waals surface area contributed by atoms with E-state index in [0.29, 0.717) is 44.3 Å². The molecule has 0 spiro atoms. The third kappa shape index (κ3) is 8.65. The van der Waals surface area contributed by atoms with Crippen molar-refractivity contribution in [2.45, 2.75) is 13.8 Å². The zero-order valence-corrected chi connectivity index (χ0v) is 18.0. The minimum Gasteiger partial charge on any atom is -0.494 e. The lowest BCUT2D eigenvalue weighted by Gasteiger charge is -2.11. The summed E-state index contributed by atoms with van der Waals surface area (Å²) in [5.74, 6) is 0.807. The van der Waals surface area contributed by atoms with Crippen molar-refractivity contribution in [3.05, 3.63) is 48.6 Å². The van der Waals surface area contributed by atoms with Crippen LogP contribution in [0.1, 0.15) is 13.8 Å². The van der Waals surface area contributed by atoms with Crippen LogP contribution in [0, 0.1) is 0 Å². The van der Waals surface area contributed by atoms with Gasteiger partial charge in [-0.1, -0.05) is 18.7 Å². The van der Waals surface area contributed by atoms with Crippen LogP contribution in [0.25, 0.3) is 10.8 Å². The van der Waals surface area contributed by atoms with Gasteiger partial charge in [-0.25, -0.2) is 9.59 Å². The van der Waals surface area contributed by atoms with E-state index < -0.39 is 12.1 Å². The summed E-state index contributed by atoms with van der Waals surface area (Å²) in [7, 11) is 0. The average molecular weight is 431 g/mol. The van der Waals surface area contributed by atoms with Gasteiger partial charge in [0.15, 0.2) is 0 Å². The van der Waals surface area contributed by atoms with E-state index in [2.05, 4.69) is 11.9 Å². The van der Waals surface area contributed by atoms with Crippen molar-refractivity contribution < 1.29 is 33.3 Å². The van der Waals surface area contributed by atoms with Crippen LogP contribution < -0.4 is 14.8 Å². The Kier molecular flexibility index (Phi) is 10.3. The molecule has 0 aliphatic heterocycles. The van der Waals surface area contributed by atoms with Gasteiger partial charge in [-0.15, -0.1) is 0 Å². The Balaban J connectivity index is 1.60. The van der Waals surface area contributed by atoms with Gasteiger partial charge in [0.2, 0.25) is 0 Å². The smallest absolute Gasteiger partial charge is 0.412 e. The van der Waals surface area contributed by atoms with Crippen LogP contribution in [-0.2, 0) is 19.0 Å². The first-order chi connectivity index (χ1) is 15.0. The molecule has 0 aromatic heterocycles. The summed E-state index contributed by atoms with van der Waals surface area (Å²) in [6.45, 7) is 9.37. The van der Waals surface area contributed by atoms with Crippen molar-refractivity contribution in [3.63, 3.8) is 0 Å². The molecule has 0 fully saturated rings. The molecule has 0 saturated heterocycles. The fraction of sp³-hybridized carbons (Fsp3) is 0.391. The number of hydrogen-bond donors (Lipinski definition) is 1. The van der Waals surface area contributed by atoms with Gasteiger partial charge in [-0.2, -0.15) is 0 Å². The van der Waals surface area contributed by atoms with Crippen LogP contribution in [0.3, 0.4) is 0 Å². The molecule has 8 nitrogen and oxygen atoms in total. The Labute approximate surface area is 182 Å². The van der Waals surface area contributed by atoms with E-state index in [4.69, 9.17) is 23.7 Å². The van der Waals surface area contributed by atoms with Gasteiger partial charge >= 0.3 is 12.1 Å². The molecular weight excluding hydrogens is 402 g/mol. The van der Waals surface area contributed by atoms with Gasteiger partial charge in [-0.05, 0) is 43.5 Å². The number of amides is 1. The predicted octanol–water partition coefficient (Wildman–Crippen LogP) is 3.48. The monoisotopic (exact) mass is 431 g/mol. The molecule has 0 atom stereocenters. The van der Waals surface area contributed by atoms with Crippen LogP contribution in [-0.4, -0.2) is 58.2 Å². The number of carbonyl (C=O) groups is 2. The van der Waals surface area contributed by atoms with Gasteiger partial charge in [0.1, 0.15) is 18.1 Å². The van der Waals surface area contributed by atoms with Crippen LogP contribution in [0.4, 0.5) is 4.79 Å². The van der Waals surface area contributed by atoms with Gasteiger partial charge in [0.25, 0.3) is 0 Å². The second kappa shape index (κ2) is 13.3. The third-order valence-corrected chi connectivity index (χ3v) is 4.02. The summed E-state index contributed by atoms with van der Waals surface area (Å²) < 4.78 is 26.5. The third-order valence-electron chi connectivity index (χ3n) is 4.02. The molecule has 2 aromatic rings. The van der Waals surface area contributed by atoms with E-state index in [-0.39, 0.29) is 13.2 Å². The zero-order valence-electron chi connectivity index (χ0n) is 18.0. The van der Waals surface area contributed by atoms with Crippen LogP contribution >= 0.6 is 0 Å². The van der Waals surface area contributed by atoms with Crippen molar-refractivity contribution in [2.75, 3.05) is 46.2 Å². The van der Waals surface area contributed by atoms with Gasteiger partial charge in [0, 0.05) is 17.5 Å². The van der Waals surface area contributed by atoms with Crippen molar-refractivity contribution in [2.24, 2.45) is 0 Å². The lowest BCUT2D eigenvalue weighted by atomic mass is 10.1. The molecule has 0 unspecified atom stereocenters. The standard InChI is InChI=1S/C23H29NO7/c1-4-29-19-8-9-20-18(16-19)6-5-7-21(20)31-23(26)24-10-11-27-12-13-28-14-15-30-22(25)17(2)3/h5-9,16H,2,4,10-15H2,1,3H3,(H,24,26). The minimum atomic E-state index is -0.555. The molecule has 8 heteroatoms. The quantitative estimate of drug-likeness (QED) is 0.295. The van der Waals surface area contributed by atoms with Crippen molar-refractivity contribution in [3.8, 4) is 11.5 Å². The van der Waals surface area contributed by atoms with Crippen molar-refractivity contribution in [1.82, 2.24) is 5.32 Å². The van der Waals surface area contributed by atoms with E-state index in [1.54, 1.807) is 13.0 Å². The topological polar surface area (TPSA) is 92.3 Å². The number of carbonyl (C=O) groups excluding carboxylic acids is 2. The molecule has 0 aliphatic carbocycles. The Morgan fingerprint density at radius 2 is 1.74 bits per heavy atom. The molecule has 0 bridgehead atoms. The number of nitrogens with one attached hydrogen (secondary N) is 1. The second-order valence-electron chi connectivity index (χ2n) is 6.53. The fourth-order valence-electron chi connectivity index (χ4n) is 2.58. The molecule has 1 amide bonds. The summed E-state index contributed by atoms with van der Waals surface area (Å²) in [4.78, 5) is 23.2. The summed E-state index contributed by atoms with van der Waals surface area (Å²) in [6.07, 6.45) is -0.555. The first-order valence-corrected chi connectivity index (χ1v) is 10.1. The summed E-state index contributed by atoms with van der Waals surface area (Å²) in [5.41, 5.74) is 0.352. The molecule has 31 heavy (non-hydrogen) atoms. The molecule has 0 radical (unpaired) electrons. The maximum atomic E-state index is 12.0. The summed E-state index contributed by atoms with van der Waals surface area (Å²) in [5, 5.41) is 4.39. The Morgan fingerprint density at radius 3 is 2.48 bits per heavy atom. The lowest BCUT2D eigenvalue weighted by Crippen LogP contribution is -2.30. The van der Waals surface area contributed by atoms with Gasteiger partial charge in [-0.3, -0.25) is 0 Å². The normalized spacial score (nSPS) is 10.5. The van der Waals surface area contributed by atoms with Crippen molar-refractivity contribution >= 4 is 22.8 Å². The maximum Gasteiger partial charge on any atom is 0.412 e. The van der Waals surface area contributed by atoms with E-state index in [1.165, 1.54) is 0 Å². The molecule has 0 heterocycles. The summed E-state index contributed by atoms with van der Waals surface area (Å²) in [6, 6.07) is 11.1. The molecule has 1 N–H and O–H groups in total. The highest BCUT2D eigenvalue weighted by Gasteiger charge is 2.08. The molecule has 0 saturated carbocycles. The Morgan fingerprint density at radius 1 is 1.00 bits per heavy atom. The molecule has 2 aromatic carbocycles. The first-order valence-electron chi connectivity index (χ1n) is 10.1. The molecule has 168 valence electrons. The largest absolute Gasteiger partial charge is 0.494 e. The predicted molar refractivity (Wildman–Crippen MR) is 117 cm³/mol. The molecule has 2 rings (SSSR count). The second-order valence-corrected chi connectivity index (χ2v) is 6.53. The first kappa shape index (κ1) is 24.2. The zero-order chi connectivity index (χ0) is 22.5. The molecular formula is C23H29NO7. The highest BCUT2D eigenvalue weighted by molar-refractivity contribution is 5.91.